The molecular weight excluding hydrogens is 394 g/mol. The van der Waals surface area contributed by atoms with Crippen molar-refractivity contribution >= 4 is 11.5 Å². The lowest BCUT2D eigenvalue weighted by Gasteiger charge is -2.55. The van der Waals surface area contributed by atoms with Crippen LogP contribution in [0.2, 0.25) is 0 Å². The molecule has 4 heteroatoms. The van der Waals surface area contributed by atoms with E-state index in [1.165, 1.54) is 11.1 Å². The molecule has 3 aliphatic rings. The second kappa shape index (κ2) is 7.76. The summed E-state index contributed by atoms with van der Waals surface area (Å²) in [6, 6.07) is 21.3. The maximum atomic E-state index is 13.5. The zero-order chi connectivity index (χ0) is 22.5. The first-order valence-electron chi connectivity index (χ1n) is 11.4. The monoisotopic (exact) mass is 423 g/mol. The van der Waals surface area contributed by atoms with Crippen molar-refractivity contribution in [3.8, 4) is 6.07 Å². The average Bonchev–Trinajstić information content (AvgIpc) is 2.75. The third kappa shape index (κ3) is 3.47. The van der Waals surface area contributed by atoms with Gasteiger partial charge in [0.25, 0.3) is 0 Å². The van der Waals surface area contributed by atoms with Crippen molar-refractivity contribution in [3.63, 3.8) is 0 Å². The molecule has 32 heavy (non-hydrogen) atoms. The predicted octanol–water partition coefficient (Wildman–Crippen LogP) is 5.51. The quantitative estimate of drug-likeness (QED) is 0.653. The zero-order valence-corrected chi connectivity index (χ0v) is 19.0. The number of nitrogens with zero attached hydrogens (tertiary/aromatic N) is 3. The Bertz CT molecular complexity index is 1150. The number of hydrogen-bond acceptors (Lipinski definition) is 4. The molecule has 0 spiro atoms. The van der Waals surface area contributed by atoms with Crippen LogP contribution in [0.5, 0.6) is 0 Å². The Morgan fingerprint density at radius 1 is 1.06 bits per heavy atom. The van der Waals surface area contributed by atoms with Crippen molar-refractivity contribution in [2.45, 2.75) is 58.8 Å². The van der Waals surface area contributed by atoms with Crippen molar-refractivity contribution < 1.29 is 4.79 Å². The zero-order valence-electron chi connectivity index (χ0n) is 19.0. The maximum Gasteiger partial charge on any atom is 0.162 e. The molecule has 0 saturated heterocycles. The number of nitriles is 1. The van der Waals surface area contributed by atoms with Crippen molar-refractivity contribution in [3.05, 3.63) is 88.6 Å². The van der Waals surface area contributed by atoms with Crippen LogP contribution in [0.25, 0.3) is 0 Å². The molecular formula is C28H29N3O. The Labute approximate surface area is 190 Å². The summed E-state index contributed by atoms with van der Waals surface area (Å²) in [5.74, 6) is 0.253. The lowest BCUT2D eigenvalue weighted by Crippen LogP contribution is -2.61. The Kier molecular flexibility index (Phi) is 5.03. The predicted molar refractivity (Wildman–Crippen MR) is 127 cm³/mol. The largest absolute Gasteiger partial charge is 0.324 e. The molecule has 0 N–H and O–H groups in total. The highest BCUT2D eigenvalue weighted by Crippen LogP contribution is 2.49. The van der Waals surface area contributed by atoms with Crippen LogP contribution in [-0.4, -0.2) is 22.9 Å². The lowest BCUT2D eigenvalue weighted by molar-refractivity contribution is -0.119. The molecule has 0 unspecified atom stereocenters. The van der Waals surface area contributed by atoms with Crippen molar-refractivity contribution in [1.82, 2.24) is 4.90 Å². The van der Waals surface area contributed by atoms with Gasteiger partial charge in [0, 0.05) is 36.0 Å². The van der Waals surface area contributed by atoms with Gasteiger partial charge in [-0.3, -0.25) is 9.69 Å². The van der Waals surface area contributed by atoms with E-state index in [4.69, 9.17) is 0 Å². The van der Waals surface area contributed by atoms with E-state index < -0.39 is 0 Å². The standard InChI is InChI=1S/C28H29N3O/c1-19-9-12-22(13-10-19)31-24-15-28(2,3)16-25(32)26(24)23-14-11-21(17-29)27(31)30(23)18-20-7-5-4-6-8-20/h4-13,23,27H,14-16,18H2,1-3H3/t23-,27-/m0/s1. The molecule has 2 aromatic carbocycles. The summed E-state index contributed by atoms with van der Waals surface area (Å²) in [4.78, 5) is 18.2. The van der Waals surface area contributed by atoms with Crippen molar-refractivity contribution in [2.24, 2.45) is 5.41 Å². The van der Waals surface area contributed by atoms with Gasteiger partial charge in [-0.05, 0) is 42.9 Å². The highest BCUT2D eigenvalue weighted by molar-refractivity contribution is 6.00. The van der Waals surface area contributed by atoms with Crippen molar-refractivity contribution in [2.75, 3.05) is 4.90 Å². The molecule has 2 aliphatic heterocycles. The highest BCUT2D eigenvalue weighted by atomic mass is 16.1. The molecule has 0 aromatic heterocycles. The van der Waals surface area contributed by atoms with Gasteiger partial charge in [-0.2, -0.15) is 5.26 Å². The first-order chi connectivity index (χ1) is 15.4. The maximum absolute atomic E-state index is 13.5. The molecule has 0 fully saturated rings. The highest BCUT2D eigenvalue weighted by Gasteiger charge is 2.50. The Morgan fingerprint density at radius 2 is 1.78 bits per heavy atom. The van der Waals surface area contributed by atoms with Gasteiger partial charge in [0.1, 0.15) is 6.17 Å². The Balaban J connectivity index is 1.71. The number of ketones is 1. The summed E-state index contributed by atoms with van der Waals surface area (Å²) in [6.07, 6.45) is 3.96. The number of hydrogen-bond donors (Lipinski definition) is 0. The summed E-state index contributed by atoms with van der Waals surface area (Å²) >= 11 is 0. The van der Waals surface area contributed by atoms with Crippen LogP contribution in [0.15, 0.2) is 77.5 Å². The fraction of sp³-hybridized carbons (Fsp3) is 0.357. The first-order valence-corrected chi connectivity index (χ1v) is 11.4. The number of carbonyl (C=O) groups excluding carboxylic acids is 1. The molecule has 2 bridgehead atoms. The van der Waals surface area contributed by atoms with E-state index >= 15 is 0 Å². The number of benzene rings is 2. The van der Waals surface area contributed by atoms with Crippen LogP contribution in [0.4, 0.5) is 5.69 Å². The number of anilines is 1. The molecule has 2 atom stereocenters. The lowest BCUT2D eigenvalue weighted by atomic mass is 9.71. The third-order valence-electron chi connectivity index (χ3n) is 6.97. The minimum Gasteiger partial charge on any atom is -0.324 e. The van der Waals surface area contributed by atoms with E-state index in [9.17, 15) is 10.1 Å². The molecule has 4 nitrogen and oxygen atoms in total. The van der Waals surface area contributed by atoms with Crippen LogP contribution >= 0.6 is 0 Å². The molecule has 1 aliphatic carbocycles. The van der Waals surface area contributed by atoms with E-state index in [0.717, 1.165) is 29.0 Å². The molecule has 2 heterocycles. The Morgan fingerprint density at radius 3 is 2.47 bits per heavy atom. The molecule has 0 amide bonds. The van der Waals surface area contributed by atoms with Gasteiger partial charge in [0.15, 0.2) is 5.78 Å². The van der Waals surface area contributed by atoms with Gasteiger partial charge >= 0.3 is 0 Å². The molecule has 5 rings (SSSR count). The van der Waals surface area contributed by atoms with Gasteiger partial charge in [0.2, 0.25) is 0 Å². The van der Waals surface area contributed by atoms with E-state index in [1.54, 1.807) is 0 Å². The summed E-state index contributed by atoms with van der Waals surface area (Å²) in [5, 5.41) is 10.1. The van der Waals surface area contributed by atoms with Gasteiger partial charge < -0.3 is 4.90 Å². The summed E-state index contributed by atoms with van der Waals surface area (Å²) in [7, 11) is 0. The van der Waals surface area contributed by atoms with Crippen LogP contribution < -0.4 is 4.90 Å². The second-order valence-corrected chi connectivity index (χ2v) is 10.1. The van der Waals surface area contributed by atoms with Crippen molar-refractivity contribution in [1.29, 1.82) is 5.26 Å². The Hall–Kier alpha value is -3.16. The smallest absolute Gasteiger partial charge is 0.162 e. The van der Waals surface area contributed by atoms with Gasteiger partial charge in [-0.1, -0.05) is 68.0 Å². The van der Waals surface area contributed by atoms with Crippen LogP contribution in [0.3, 0.4) is 0 Å². The molecule has 0 radical (unpaired) electrons. The molecule has 0 saturated carbocycles. The number of allylic oxidation sites excluding steroid dienone is 1. The number of rotatable bonds is 3. The minimum absolute atomic E-state index is 0.0117. The third-order valence-corrected chi connectivity index (χ3v) is 6.97. The van der Waals surface area contributed by atoms with Gasteiger partial charge in [-0.15, -0.1) is 0 Å². The van der Waals surface area contributed by atoms with E-state index in [0.29, 0.717) is 19.4 Å². The number of fused-ring (bicyclic) bond motifs is 3. The topological polar surface area (TPSA) is 47.3 Å². The minimum atomic E-state index is -0.206. The number of Topliss-reactive ketones (excluding diaryl/α,β-unsaturated/α-hetero) is 1. The second-order valence-electron chi connectivity index (χ2n) is 10.1. The van der Waals surface area contributed by atoms with E-state index in [2.05, 4.69) is 79.1 Å². The van der Waals surface area contributed by atoms with Crippen LogP contribution in [-0.2, 0) is 11.3 Å². The normalized spacial score (nSPS) is 24.6. The average molecular weight is 424 g/mol. The first kappa shape index (κ1) is 20.7. The van der Waals surface area contributed by atoms with Crippen LogP contribution in [0.1, 0.15) is 44.2 Å². The summed E-state index contributed by atoms with van der Waals surface area (Å²) in [5.41, 5.74) is 6.15. The summed E-state index contributed by atoms with van der Waals surface area (Å²) < 4.78 is 0. The van der Waals surface area contributed by atoms with E-state index in [1.807, 2.05) is 18.2 Å². The fourth-order valence-corrected chi connectivity index (χ4v) is 5.54. The fourth-order valence-electron chi connectivity index (χ4n) is 5.54. The number of aryl methyl sites for hydroxylation is 1. The van der Waals surface area contributed by atoms with E-state index in [-0.39, 0.29) is 23.4 Å². The number of carbonyl (C=O) groups is 1. The molecule has 2 aromatic rings. The summed E-state index contributed by atoms with van der Waals surface area (Å²) in [6.45, 7) is 7.13. The van der Waals surface area contributed by atoms with Gasteiger partial charge in [-0.25, -0.2) is 0 Å². The molecule has 162 valence electrons. The van der Waals surface area contributed by atoms with Gasteiger partial charge in [0.05, 0.1) is 11.6 Å². The SMILES string of the molecule is Cc1ccc(N2C3=C(C(=O)CC(C)(C)C3)[C@@H]3CC=C(C#N)[C@H]2N3Cc2ccccc2)cc1. The van der Waals surface area contributed by atoms with Crippen LogP contribution in [0, 0.1) is 23.7 Å².